The smallest absolute Gasteiger partial charge is 0.308 e. The lowest BCUT2D eigenvalue weighted by atomic mass is 10.0. The lowest BCUT2D eigenvalue weighted by molar-refractivity contribution is -0.146. The van der Waals surface area contributed by atoms with Crippen LogP contribution in [0.5, 0.6) is 5.75 Å². The Kier molecular flexibility index (Phi) is 4.23. The Balaban J connectivity index is 1.95. The molecule has 0 bridgehead atoms. The van der Waals surface area contributed by atoms with Gasteiger partial charge in [0.2, 0.25) is 0 Å². The number of ether oxygens (including phenoxy) is 2. The monoisotopic (exact) mass is 274 g/mol. The Morgan fingerprint density at radius 3 is 2.95 bits per heavy atom. The third-order valence-corrected chi connectivity index (χ3v) is 3.22. The van der Waals surface area contributed by atoms with Crippen LogP contribution in [0.25, 0.3) is 0 Å². The first-order valence-corrected chi connectivity index (χ1v) is 6.60. The van der Waals surface area contributed by atoms with Gasteiger partial charge in [-0.25, -0.2) is 0 Å². The van der Waals surface area contributed by atoms with Gasteiger partial charge in [-0.2, -0.15) is 0 Å². The van der Waals surface area contributed by atoms with Crippen LogP contribution in [0.4, 0.5) is 0 Å². The van der Waals surface area contributed by atoms with Gasteiger partial charge >= 0.3 is 5.97 Å². The first-order chi connectivity index (χ1) is 9.51. The fourth-order valence-electron chi connectivity index (χ4n) is 1.99. The highest BCUT2D eigenvalue weighted by Gasteiger charge is 2.26. The number of benzene rings is 1. The van der Waals surface area contributed by atoms with Gasteiger partial charge in [0, 0.05) is 17.6 Å². The predicted molar refractivity (Wildman–Crippen MR) is 74.9 cm³/mol. The number of rotatable bonds is 5. The molecule has 0 N–H and O–H groups in total. The van der Waals surface area contributed by atoms with E-state index in [0.717, 1.165) is 23.2 Å². The Morgan fingerprint density at radius 1 is 1.55 bits per heavy atom. The Hall–Kier alpha value is -2.10. The molecular formula is C16H18O4. The zero-order chi connectivity index (χ0) is 14.7. The molecule has 0 spiro atoms. The number of fused-ring (bicyclic) bond motifs is 1. The maximum Gasteiger partial charge on any atom is 0.308 e. The maximum atomic E-state index is 11.4. The van der Waals surface area contributed by atoms with E-state index in [-0.39, 0.29) is 24.6 Å². The van der Waals surface area contributed by atoms with Crippen molar-refractivity contribution in [3.8, 4) is 5.75 Å². The molecule has 1 aromatic rings. The molecule has 1 aliphatic heterocycles. The highest BCUT2D eigenvalue weighted by molar-refractivity contribution is 5.76. The summed E-state index contributed by atoms with van der Waals surface area (Å²) in [6.07, 6.45) is 1.26. The topological polar surface area (TPSA) is 52.6 Å². The van der Waals surface area contributed by atoms with Crippen LogP contribution in [0.2, 0.25) is 0 Å². The summed E-state index contributed by atoms with van der Waals surface area (Å²) < 4.78 is 10.9. The van der Waals surface area contributed by atoms with Gasteiger partial charge in [-0.05, 0) is 23.8 Å². The number of hydrogen-bond donors (Lipinski definition) is 0. The number of esters is 1. The van der Waals surface area contributed by atoms with E-state index in [1.807, 2.05) is 6.07 Å². The third-order valence-electron chi connectivity index (χ3n) is 3.22. The van der Waals surface area contributed by atoms with Crippen molar-refractivity contribution < 1.29 is 19.1 Å². The summed E-state index contributed by atoms with van der Waals surface area (Å²) in [6.45, 7) is 7.66. The fourth-order valence-corrected chi connectivity index (χ4v) is 1.99. The van der Waals surface area contributed by atoms with Crippen LogP contribution in [-0.4, -0.2) is 25.0 Å². The standard InChI is InChI=1S/C16H18O4/c1-10(2)16(18)19-9-11(3)15-7-13-6-12(8-17)4-5-14(13)20-15/h4-6,8,10,15H,3,7,9H2,1-2H3/t15-/m0/s1. The van der Waals surface area contributed by atoms with Crippen molar-refractivity contribution in [2.75, 3.05) is 6.61 Å². The minimum absolute atomic E-state index is 0.153. The average molecular weight is 274 g/mol. The molecule has 0 saturated heterocycles. The molecule has 1 heterocycles. The molecule has 4 heteroatoms. The van der Waals surface area contributed by atoms with E-state index < -0.39 is 0 Å². The highest BCUT2D eigenvalue weighted by atomic mass is 16.5. The summed E-state index contributed by atoms with van der Waals surface area (Å²) in [5, 5.41) is 0. The third kappa shape index (κ3) is 3.07. The van der Waals surface area contributed by atoms with Crippen LogP contribution in [0.3, 0.4) is 0 Å². The van der Waals surface area contributed by atoms with Gasteiger partial charge in [0.1, 0.15) is 24.7 Å². The molecule has 0 saturated carbocycles. The Labute approximate surface area is 118 Å². The van der Waals surface area contributed by atoms with Gasteiger partial charge < -0.3 is 9.47 Å². The van der Waals surface area contributed by atoms with Crippen LogP contribution in [0.15, 0.2) is 30.4 Å². The molecule has 1 aliphatic rings. The SMILES string of the molecule is C=C(COC(=O)C(C)C)[C@@H]1Cc2cc(C=O)ccc2O1. The van der Waals surface area contributed by atoms with Crippen LogP contribution in [0.1, 0.15) is 29.8 Å². The van der Waals surface area contributed by atoms with Gasteiger partial charge in [0.25, 0.3) is 0 Å². The van der Waals surface area contributed by atoms with Crippen LogP contribution >= 0.6 is 0 Å². The second-order valence-electron chi connectivity index (χ2n) is 5.22. The minimum Gasteiger partial charge on any atom is -0.485 e. The van der Waals surface area contributed by atoms with E-state index in [1.54, 1.807) is 26.0 Å². The van der Waals surface area contributed by atoms with Crippen molar-refractivity contribution >= 4 is 12.3 Å². The molecule has 1 aromatic carbocycles. The van der Waals surface area contributed by atoms with Gasteiger partial charge in [-0.3, -0.25) is 9.59 Å². The second-order valence-corrected chi connectivity index (χ2v) is 5.22. The Morgan fingerprint density at radius 2 is 2.30 bits per heavy atom. The molecule has 2 rings (SSSR count). The maximum absolute atomic E-state index is 11.4. The van der Waals surface area contributed by atoms with Crippen molar-refractivity contribution in [3.63, 3.8) is 0 Å². The molecule has 0 amide bonds. The van der Waals surface area contributed by atoms with E-state index >= 15 is 0 Å². The molecule has 20 heavy (non-hydrogen) atoms. The van der Waals surface area contributed by atoms with Gasteiger partial charge in [0.15, 0.2) is 0 Å². The largest absolute Gasteiger partial charge is 0.485 e. The van der Waals surface area contributed by atoms with E-state index in [9.17, 15) is 9.59 Å². The van der Waals surface area contributed by atoms with E-state index in [4.69, 9.17) is 9.47 Å². The zero-order valence-electron chi connectivity index (χ0n) is 11.7. The normalized spacial score (nSPS) is 16.4. The molecule has 0 unspecified atom stereocenters. The summed E-state index contributed by atoms with van der Waals surface area (Å²) in [5.74, 6) is 0.362. The molecule has 106 valence electrons. The highest BCUT2D eigenvalue weighted by Crippen LogP contribution is 2.31. The van der Waals surface area contributed by atoms with Gasteiger partial charge in [0.05, 0.1) is 5.92 Å². The minimum atomic E-state index is -0.245. The molecule has 0 aromatic heterocycles. The number of carbonyl (C=O) groups excluding carboxylic acids is 2. The van der Waals surface area contributed by atoms with Crippen molar-refractivity contribution in [1.82, 2.24) is 0 Å². The fraction of sp³-hybridized carbons (Fsp3) is 0.375. The molecule has 1 atom stereocenters. The number of hydrogen-bond acceptors (Lipinski definition) is 4. The number of aldehydes is 1. The lowest BCUT2D eigenvalue weighted by Crippen LogP contribution is -2.22. The predicted octanol–water partition coefficient (Wildman–Crippen LogP) is 2.56. The van der Waals surface area contributed by atoms with Crippen LogP contribution in [0, 0.1) is 5.92 Å². The molecule has 0 aliphatic carbocycles. The van der Waals surface area contributed by atoms with E-state index in [0.29, 0.717) is 12.0 Å². The zero-order valence-corrected chi connectivity index (χ0v) is 11.7. The second kappa shape index (κ2) is 5.90. The van der Waals surface area contributed by atoms with E-state index in [1.165, 1.54) is 0 Å². The first kappa shape index (κ1) is 14.3. The summed E-state index contributed by atoms with van der Waals surface area (Å²) >= 11 is 0. The molecular weight excluding hydrogens is 256 g/mol. The van der Waals surface area contributed by atoms with Gasteiger partial charge in [-0.1, -0.05) is 20.4 Å². The molecule has 0 radical (unpaired) electrons. The van der Waals surface area contributed by atoms with Crippen LogP contribution in [-0.2, 0) is 16.0 Å². The molecule has 0 fully saturated rings. The lowest BCUT2D eigenvalue weighted by Gasteiger charge is -2.15. The molecule has 4 nitrogen and oxygen atoms in total. The van der Waals surface area contributed by atoms with Gasteiger partial charge in [-0.15, -0.1) is 0 Å². The van der Waals surface area contributed by atoms with Crippen LogP contribution < -0.4 is 4.74 Å². The van der Waals surface area contributed by atoms with Crippen molar-refractivity contribution in [2.24, 2.45) is 5.92 Å². The van der Waals surface area contributed by atoms with Crippen molar-refractivity contribution in [2.45, 2.75) is 26.4 Å². The van der Waals surface area contributed by atoms with Crippen molar-refractivity contribution in [3.05, 3.63) is 41.5 Å². The summed E-state index contributed by atoms with van der Waals surface area (Å²) in [4.78, 5) is 22.2. The quantitative estimate of drug-likeness (QED) is 0.470. The summed E-state index contributed by atoms with van der Waals surface area (Å²) in [5.41, 5.74) is 2.34. The number of carbonyl (C=O) groups is 2. The summed E-state index contributed by atoms with van der Waals surface area (Å²) in [7, 11) is 0. The Bertz CT molecular complexity index is 545. The van der Waals surface area contributed by atoms with E-state index in [2.05, 4.69) is 6.58 Å². The average Bonchev–Trinajstić information content (AvgIpc) is 2.86. The first-order valence-electron chi connectivity index (χ1n) is 6.60. The summed E-state index contributed by atoms with van der Waals surface area (Å²) in [6, 6.07) is 5.32. The van der Waals surface area contributed by atoms with Crippen molar-refractivity contribution in [1.29, 1.82) is 0 Å².